The minimum atomic E-state index is -2.77. The summed E-state index contributed by atoms with van der Waals surface area (Å²) in [7, 11) is 0. The van der Waals surface area contributed by atoms with Crippen LogP contribution in [0.4, 0.5) is 13.2 Å². The molecule has 0 aliphatic carbocycles. The summed E-state index contributed by atoms with van der Waals surface area (Å²) < 4.78 is 47.6. The monoisotopic (exact) mass is 478 g/mol. The van der Waals surface area contributed by atoms with Gasteiger partial charge in [-0.25, -0.2) is 22.9 Å². The van der Waals surface area contributed by atoms with E-state index in [1.54, 1.807) is 35.5 Å². The molecule has 3 heterocycles. The molecule has 33 heavy (non-hydrogen) atoms. The zero-order valence-corrected chi connectivity index (χ0v) is 19.2. The Kier molecular flexibility index (Phi) is 6.85. The summed E-state index contributed by atoms with van der Waals surface area (Å²) in [6, 6.07) is 3.93. The van der Waals surface area contributed by atoms with Crippen LogP contribution in [0, 0.1) is 5.82 Å². The standard InChI is InChI=1S/C23H25F3N4O2S/c1-3-14-5-6-15(11-16(14)24)19-18(22(31)32-4-2)17(12-30-9-7-23(25,26)13-30)28-20(29-19)21-27-8-10-33-21/h5-6,8,10-11,19H,3-4,7,9,12-13H2,1-2H3,(H,28,29). The number of halogens is 3. The lowest BCUT2D eigenvalue weighted by atomic mass is 9.94. The SMILES string of the molecule is CCOC(=O)C1=C(CN2CCC(F)(F)C2)NC(c2nccs2)=NC1c1ccc(CC)c(F)c1. The lowest BCUT2D eigenvalue weighted by Crippen LogP contribution is -2.39. The van der Waals surface area contributed by atoms with Gasteiger partial charge in [0, 0.05) is 36.8 Å². The number of hydrogen-bond donors (Lipinski definition) is 1. The zero-order chi connectivity index (χ0) is 23.6. The predicted molar refractivity (Wildman–Crippen MR) is 120 cm³/mol. The lowest BCUT2D eigenvalue weighted by molar-refractivity contribution is -0.139. The van der Waals surface area contributed by atoms with Crippen LogP contribution in [0.15, 0.2) is 46.0 Å². The van der Waals surface area contributed by atoms with E-state index < -0.39 is 24.5 Å². The molecule has 0 amide bonds. The second kappa shape index (κ2) is 9.64. The van der Waals surface area contributed by atoms with Crippen molar-refractivity contribution < 1.29 is 22.7 Å². The smallest absolute Gasteiger partial charge is 0.338 e. The van der Waals surface area contributed by atoms with Gasteiger partial charge in [-0.15, -0.1) is 11.3 Å². The first-order chi connectivity index (χ1) is 15.8. The van der Waals surface area contributed by atoms with Gasteiger partial charge >= 0.3 is 5.97 Å². The van der Waals surface area contributed by atoms with Crippen molar-refractivity contribution in [3.05, 3.63) is 63.0 Å². The maximum Gasteiger partial charge on any atom is 0.338 e. The molecular weight excluding hydrogens is 453 g/mol. The number of ether oxygens (including phenoxy) is 1. The Bertz CT molecular complexity index is 1090. The van der Waals surface area contributed by atoms with E-state index in [0.717, 1.165) is 0 Å². The molecule has 4 rings (SSSR count). The molecule has 176 valence electrons. The van der Waals surface area contributed by atoms with E-state index >= 15 is 0 Å². The van der Waals surface area contributed by atoms with Gasteiger partial charge in [0.2, 0.25) is 0 Å². The molecule has 2 aliphatic rings. The van der Waals surface area contributed by atoms with Crippen LogP contribution in [0.5, 0.6) is 0 Å². The third-order valence-electron chi connectivity index (χ3n) is 5.66. The Balaban J connectivity index is 1.80. The number of alkyl halides is 2. The first-order valence-electron chi connectivity index (χ1n) is 10.8. The number of amidine groups is 1. The molecular formula is C23H25F3N4O2S. The van der Waals surface area contributed by atoms with Gasteiger partial charge in [-0.2, -0.15) is 0 Å². The average Bonchev–Trinajstić information content (AvgIpc) is 3.43. The van der Waals surface area contributed by atoms with Crippen molar-refractivity contribution in [2.75, 3.05) is 26.2 Å². The molecule has 0 radical (unpaired) electrons. The number of carbonyl (C=O) groups excluding carboxylic acids is 1. The molecule has 1 fully saturated rings. The number of aryl methyl sites for hydroxylation is 1. The van der Waals surface area contributed by atoms with E-state index in [1.807, 2.05) is 6.92 Å². The highest BCUT2D eigenvalue weighted by Gasteiger charge is 2.40. The van der Waals surface area contributed by atoms with E-state index in [0.29, 0.717) is 34.1 Å². The Morgan fingerprint density at radius 2 is 2.18 bits per heavy atom. The molecule has 2 aromatic rings. The maximum atomic E-state index is 14.7. The number of likely N-dealkylation sites (tertiary alicyclic amines) is 1. The fourth-order valence-electron chi connectivity index (χ4n) is 4.05. The highest BCUT2D eigenvalue weighted by Crippen LogP contribution is 2.35. The number of nitrogens with one attached hydrogen (secondary N) is 1. The fraction of sp³-hybridized carbons (Fsp3) is 0.435. The van der Waals surface area contributed by atoms with Crippen molar-refractivity contribution in [1.29, 1.82) is 0 Å². The molecule has 1 unspecified atom stereocenters. The van der Waals surface area contributed by atoms with E-state index in [4.69, 9.17) is 9.73 Å². The third-order valence-corrected chi connectivity index (χ3v) is 6.44. The van der Waals surface area contributed by atoms with Crippen LogP contribution in [-0.4, -0.2) is 53.9 Å². The topological polar surface area (TPSA) is 66.8 Å². The summed E-state index contributed by atoms with van der Waals surface area (Å²) in [5.41, 5.74) is 1.64. The van der Waals surface area contributed by atoms with Gasteiger partial charge in [-0.1, -0.05) is 19.1 Å². The Morgan fingerprint density at radius 1 is 1.36 bits per heavy atom. The number of carbonyl (C=O) groups is 1. The predicted octanol–water partition coefficient (Wildman–Crippen LogP) is 4.09. The quantitative estimate of drug-likeness (QED) is 0.607. The van der Waals surface area contributed by atoms with Gasteiger partial charge in [0.25, 0.3) is 5.92 Å². The van der Waals surface area contributed by atoms with Crippen LogP contribution in [0.2, 0.25) is 0 Å². The van der Waals surface area contributed by atoms with Crippen LogP contribution < -0.4 is 5.32 Å². The largest absolute Gasteiger partial charge is 0.463 e. The number of esters is 1. The molecule has 2 aliphatic heterocycles. The van der Waals surface area contributed by atoms with Crippen LogP contribution >= 0.6 is 11.3 Å². The zero-order valence-electron chi connectivity index (χ0n) is 18.4. The second-order valence-corrected chi connectivity index (χ2v) is 8.87. The Labute approximate surface area is 194 Å². The van der Waals surface area contributed by atoms with Gasteiger partial charge in [0.1, 0.15) is 11.9 Å². The normalized spacial score (nSPS) is 20.5. The number of hydrogen-bond acceptors (Lipinski definition) is 7. The molecule has 0 spiro atoms. The van der Waals surface area contributed by atoms with Crippen LogP contribution in [0.3, 0.4) is 0 Å². The number of nitrogens with zero attached hydrogens (tertiary/aromatic N) is 3. The molecule has 1 saturated heterocycles. The van der Waals surface area contributed by atoms with Gasteiger partial charge in [0.15, 0.2) is 10.8 Å². The highest BCUT2D eigenvalue weighted by molar-refractivity contribution is 7.11. The van der Waals surface area contributed by atoms with Gasteiger partial charge in [-0.05, 0) is 30.5 Å². The summed E-state index contributed by atoms with van der Waals surface area (Å²) in [6.07, 6.45) is 1.91. The summed E-state index contributed by atoms with van der Waals surface area (Å²) in [5, 5.41) is 5.50. The van der Waals surface area contributed by atoms with Crippen molar-refractivity contribution in [3.8, 4) is 0 Å². The number of rotatable bonds is 7. The minimum absolute atomic E-state index is 0.0835. The van der Waals surface area contributed by atoms with E-state index in [2.05, 4.69) is 10.3 Å². The number of benzene rings is 1. The summed E-state index contributed by atoms with van der Waals surface area (Å²) >= 11 is 1.35. The lowest BCUT2D eigenvalue weighted by Gasteiger charge is -2.29. The molecule has 1 aromatic carbocycles. The second-order valence-electron chi connectivity index (χ2n) is 7.98. The molecule has 1 aromatic heterocycles. The van der Waals surface area contributed by atoms with Crippen LogP contribution in [0.25, 0.3) is 0 Å². The third kappa shape index (κ3) is 5.11. The molecule has 1 atom stereocenters. The van der Waals surface area contributed by atoms with Crippen molar-refractivity contribution in [2.45, 2.75) is 38.7 Å². The van der Waals surface area contributed by atoms with E-state index in [9.17, 15) is 18.0 Å². The summed E-state index contributed by atoms with van der Waals surface area (Å²) in [5.74, 6) is -3.37. The Morgan fingerprint density at radius 3 is 2.79 bits per heavy atom. The van der Waals surface area contributed by atoms with Gasteiger partial charge < -0.3 is 10.1 Å². The number of thiazole rings is 1. The summed E-state index contributed by atoms with van der Waals surface area (Å²) in [6.45, 7) is 3.56. The van der Waals surface area contributed by atoms with Crippen molar-refractivity contribution >= 4 is 23.1 Å². The van der Waals surface area contributed by atoms with Gasteiger partial charge in [-0.3, -0.25) is 9.89 Å². The first-order valence-corrected chi connectivity index (χ1v) is 11.7. The van der Waals surface area contributed by atoms with Crippen molar-refractivity contribution in [1.82, 2.24) is 15.2 Å². The minimum Gasteiger partial charge on any atom is -0.463 e. The summed E-state index contributed by atoms with van der Waals surface area (Å²) in [4.78, 5) is 23.6. The molecule has 10 heteroatoms. The fourth-order valence-corrected chi connectivity index (χ4v) is 4.63. The molecule has 6 nitrogen and oxygen atoms in total. The maximum absolute atomic E-state index is 14.7. The van der Waals surface area contributed by atoms with Crippen molar-refractivity contribution in [3.63, 3.8) is 0 Å². The molecule has 0 saturated carbocycles. The Hall–Kier alpha value is -2.72. The van der Waals surface area contributed by atoms with Crippen LogP contribution in [-0.2, 0) is 16.0 Å². The van der Waals surface area contributed by atoms with E-state index in [-0.39, 0.29) is 37.5 Å². The number of aromatic nitrogens is 1. The molecule has 0 bridgehead atoms. The molecule has 1 N–H and O–H groups in total. The average molecular weight is 479 g/mol. The first kappa shape index (κ1) is 23.4. The van der Waals surface area contributed by atoms with E-state index in [1.165, 1.54) is 17.4 Å². The highest BCUT2D eigenvalue weighted by atomic mass is 32.1. The number of aliphatic imine (C=N–C) groups is 1. The van der Waals surface area contributed by atoms with Crippen molar-refractivity contribution in [2.24, 2.45) is 4.99 Å². The van der Waals surface area contributed by atoms with Crippen LogP contribution in [0.1, 0.15) is 42.4 Å². The van der Waals surface area contributed by atoms with Gasteiger partial charge in [0.05, 0.1) is 18.7 Å².